The van der Waals surface area contributed by atoms with Crippen molar-refractivity contribution in [2.75, 3.05) is 217 Å². The zero-order valence-electron chi connectivity index (χ0n) is 62.4. The van der Waals surface area contributed by atoms with Crippen molar-refractivity contribution in [3.63, 3.8) is 0 Å². The Morgan fingerprint density at radius 2 is 0.724 bits per heavy atom. The fraction of sp³-hybridized carbons (Fsp3) is 0.940. The summed E-state index contributed by atoms with van der Waals surface area (Å²) in [4.78, 5) is 38.9. The lowest BCUT2D eigenvalue weighted by Crippen LogP contribution is -2.52. The predicted molar refractivity (Wildman–Crippen MR) is 406 cm³/mol. The van der Waals surface area contributed by atoms with Crippen LogP contribution in [0.5, 0.6) is 0 Å². The van der Waals surface area contributed by atoms with E-state index in [0.29, 0.717) is 108 Å². The van der Waals surface area contributed by atoms with Gasteiger partial charge >= 0.3 is 11.9 Å². The first-order valence-electron chi connectivity index (χ1n) is 37.7. The Labute approximate surface area is 593 Å². The molecular weight excluding hydrogens is 1250 g/mol. The molecule has 0 saturated carbocycles. The van der Waals surface area contributed by atoms with Crippen LogP contribution in [-0.2, 0) is 14.4 Å². The number of aliphatic carboxylic acids is 2. The number of likely N-dealkylation sites (N-methyl/N-ethyl adjacent to an activating group) is 1. The number of aliphatic imine (C=N–C) groups is 1. The first kappa shape index (κ1) is 94.8. The van der Waals surface area contributed by atoms with E-state index in [1.165, 1.54) is 0 Å². The molecule has 0 heterocycles. The second kappa shape index (κ2) is 68.2. The standard InChI is InChI=1S/C67H153N25O6/c1-52(2)41-60(48-92-63(54(5)6)49-81-24-23-73-7)90-45-56(11-8-9-19-68)89-46-58(13-16-64(70)94)85-37-32-77-27-30-82-50-62(53(3)4)91-47-59(15-18-66(97)98)86-38-33-75-26-29-79-44-61(51-93)87-39-34-76-25-28-78-42-55(12-10-21-88-67(71)72)83-40-35-80-43-57(14-17-65(95)96)84-36-31-74-22-20-69/h52-63,73-87,89-93H,8-51,68-69H2,1-7H3,(H2,70,94)(H,95,96)(H,97,98)(H4,71,72,88)/t55-,56-,57-,58-,59-,60-,61+,62+,63+/m0/s1. The number of primary amides is 1. The zero-order chi connectivity index (χ0) is 72.5. The summed E-state index contributed by atoms with van der Waals surface area (Å²) in [6.07, 6.45) is 8.17. The highest BCUT2D eigenvalue weighted by molar-refractivity contribution is 5.75. The predicted octanol–water partition coefficient (Wildman–Crippen LogP) is -5.38. The topological polar surface area (TPSA) is 483 Å². The maximum atomic E-state index is 11.9. The number of nitrogens with one attached hydrogen (secondary N) is 19. The zero-order valence-corrected chi connectivity index (χ0v) is 62.4. The van der Waals surface area contributed by atoms with Gasteiger partial charge in [0.15, 0.2) is 5.96 Å². The van der Waals surface area contributed by atoms with Crippen molar-refractivity contribution in [3.8, 4) is 0 Å². The summed E-state index contributed by atoms with van der Waals surface area (Å²) in [5.41, 5.74) is 28.2. The number of aliphatic hydroxyl groups is 1. The average Bonchev–Trinajstić information content (AvgIpc) is 1.20. The third kappa shape index (κ3) is 62.6. The molecule has 0 aromatic carbocycles. The van der Waals surface area contributed by atoms with Gasteiger partial charge in [-0.25, -0.2) is 0 Å². The quantitative estimate of drug-likeness (QED) is 0.0154. The van der Waals surface area contributed by atoms with E-state index in [2.05, 4.69) is 148 Å². The van der Waals surface area contributed by atoms with Gasteiger partial charge in [0.1, 0.15) is 0 Å². The molecule has 0 aromatic rings. The van der Waals surface area contributed by atoms with E-state index in [1.54, 1.807) is 0 Å². The molecule has 0 aliphatic carbocycles. The van der Waals surface area contributed by atoms with Gasteiger partial charge in [0.05, 0.1) is 6.61 Å². The Bertz CT molecular complexity index is 1820. The first-order chi connectivity index (χ1) is 47.3. The number of rotatable bonds is 78. The van der Waals surface area contributed by atoms with Crippen LogP contribution in [0.25, 0.3) is 0 Å². The van der Waals surface area contributed by atoms with Gasteiger partial charge in [-0.05, 0) is 82.7 Å². The van der Waals surface area contributed by atoms with E-state index in [4.69, 9.17) is 28.7 Å². The Morgan fingerprint density at radius 3 is 1.15 bits per heavy atom. The summed E-state index contributed by atoms with van der Waals surface area (Å²) in [5.74, 6) is -0.339. The number of aliphatic hydroxyl groups excluding tert-OH is 1. The molecular formula is C67H153N25O6. The van der Waals surface area contributed by atoms with Gasteiger partial charge in [-0.1, -0.05) is 48.0 Å². The van der Waals surface area contributed by atoms with Crippen molar-refractivity contribution in [3.05, 3.63) is 0 Å². The van der Waals surface area contributed by atoms with Gasteiger partial charge in [-0.3, -0.25) is 19.4 Å². The lowest BCUT2D eigenvalue weighted by Gasteiger charge is -2.30. The molecule has 0 aromatic heterocycles. The average molecular weight is 1410 g/mol. The minimum atomic E-state index is -0.801. The number of carbonyl (C=O) groups excluding carboxylic acids is 1. The number of hydrogen-bond donors (Lipinski definition) is 27. The number of amides is 1. The summed E-state index contributed by atoms with van der Waals surface area (Å²) in [6, 6.07) is 1.50. The number of nitrogens with zero attached hydrogens (tertiary/aromatic N) is 1. The van der Waals surface area contributed by atoms with Crippen LogP contribution in [-0.4, -0.2) is 310 Å². The molecule has 32 N–H and O–H groups in total. The van der Waals surface area contributed by atoms with E-state index in [-0.39, 0.29) is 73.6 Å². The molecule has 0 spiro atoms. The molecule has 1 amide bonds. The minimum Gasteiger partial charge on any atom is -0.481 e. The summed E-state index contributed by atoms with van der Waals surface area (Å²) in [6.45, 7) is 37.2. The van der Waals surface area contributed by atoms with Crippen LogP contribution in [0.2, 0.25) is 0 Å². The summed E-state index contributed by atoms with van der Waals surface area (Å²) >= 11 is 0. The number of carbonyl (C=O) groups is 3. The third-order valence-corrected chi connectivity index (χ3v) is 17.2. The Morgan fingerprint density at radius 1 is 0.367 bits per heavy atom. The normalized spacial score (nSPS) is 14.8. The van der Waals surface area contributed by atoms with E-state index < -0.39 is 11.9 Å². The van der Waals surface area contributed by atoms with Crippen LogP contribution >= 0.6 is 0 Å². The Hall–Kier alpha value is -3.20. The van der Waals surface area contributed by atoms with Gasteiger partial charge < -0.3 is 145 Å². The third-order valence-electron chi connectivity index (χ3n) is 17.2. The van der Waals surface area contributed by atoms with Crippen LogP contribution in [0.15, 0.2) is 4.99 Å². The molecule has 31 nitrogen and oxygen atoms in total. The second-order valence-corrected chi connectivity index (χ2v) is 27.3. The van der Waals surface area contributed by atoms with Crippen molar-refractivity contribution in [2.45, 2.75) is 173 Å². The molecule has 582 valence electrons. The number of carboxylic acid groups (broad SMARTS) is 2. The van der Waals surface area contributed by atoms with Crippen LogP contribution in [0, 0.1) is 17.8 Å². The lowest BCUT2D eigenvalue weighted by molar-refractivity contribution is -0.138. The number of hydrogen-bond acceptors (Lipinski definition) is 26. The number of nitrogens with two attached hydrogens (primary N) is 5. The largest absolute Gasteiger partial charge is 0.481 e. The molecule has 0 radical (unpaired) electrons. The van der Waals surface area contributed by atoms with Crippen molar-refractivity contribution in [1.29, 1.82) is 0 Å². The maximum Gasteiger partial charge on any atom is 0.303 e. The smallest absolute Gasteiger partial charge is 0.303 e. The summed E-state index contributed by atoms with van der Waals surface area (Å²) in [5, 5.41) is 96.6. The monoisotopic (exact) mass is 1400 g/mol. The Balaban J connectivity index is 4.77. The molecule has 31 heteroatoms. The molecule has 0 fully saturated rings. The fourth-order valence-electron chi connectivity index (χ4n) is 11.2. The van der Waals surface area contributed by atoms with Crippen LogP contribution in [0.3, 0.4) is 0 Å². The Kier molecular flexibility index (Phi) is 66.0. The van der Waals surface area contributed by atoms with E-state index >= 15 is 0 Å². The van der Waals surface area contributed by atoms with Crippen LogP contribution < -0.4 is 130 Å². The SMILES string of the molecule is CNCCNC[C@@H](NC[C@H](CC(C)C)NC[C@H](CCCCN)NC[C@H](CCC(N)=O)NCCNCCNC[C@@H](NC[C@H](CCC(=O)O)NCCNCCNC[C@H](CO)NCCNCCNC[C@H](CCCN=C(N)N)NCCNC[C@H](CCC(=O)O)NCCNCCN)C(C)C)C(C)C. The first-order valence-corrected chi connectivity index (χ1v) is 37.7. The highest BCUT2D eigenvalue weighted by atomic mass is 16.4. The van der Waals surface area contributed by atoms with Crippen molar-refractivity contribution in [1.82, 2.24) is 101 Å². The molecule has 0 saturated heterocycles. The van der Waals surface area contributed by atoms with Gasteiger partial charge in [0.25, 0.3) is 0 Å². The van der Waals surface area contributed by atoms with Crippen molar-refractivity contribution in [2.24, 2.45) is 51.4 Å². The molecule has 0 aliphatic rings. The summed E-state index contributed by atoms with van der Waals surface area (Å²) in [7, 11) is 1.98. The molecule has 9 atom stereocenters. The molecule has 0 aliphatic heterocycles. The van der Waals surface area contributed by atoms with E-state index in [1.807, 2.05) is 7.05 Å². The van der Waals surface area contributed by atoms with Crippen LogP contribution in [0.1, 0.15) is 119 Å². The highest BCUT2D eigenvalue weighted by Gasteiger charge is 2.21. The molecule has 0 bridgehead atoms. The molecule has 0 rings (SSSR count). The van der Waals surface area contributed by atoms with Crippen molar-refractivity contribution < 1.29 is 29.7 Å². The van der Waals surface area contributed by atoms with Crippen molar-refractivity contribution >= 4 is 23.8 Å². The number of carboxylic acids is 2. The van der Waals surface area contributed by atoms with Gasteiger partial charge in [-0.15, -0.1) is 0 Å². The summed E-state index contributed by atoms with van der Waals surface area (Å²) < 4.78 is 0. The van der Waals surface area contributed by atoms with Crippen LogP contribution in [0.4, 0.5) is 0 Å². The van der Waals surface area contributed by atoms with Gasteiger partial charge in [0.2, 0.25) is 5.91 Å². The van der Waals surface area contributed by atoms with Gasteiger partial charge in [0, 0.05) is 270 Å². The molecule has 98 heavy (non-hydrogen) atoms. The van der Waals surface area contributed by atoms with Gasteiger partial charge in [-0.2, -0.15) is 0 Å². The lowest BCUT2D eigenvalue weighted by atomic mass is 10.0. The second-order valence-electron chi connectivity index (χ2n) is 27.3. The maximum absolute atomic E-state index is 11.9. The highest BCUT2D eigenvalue weighted by Crippen LogP contribution is 2.09. The van der Waals surface area contributed by atoms with E-state index in [9.17, 15) is 29.7 Å². The fourth-order valence-corrected chi connectivity index (χ4v) is 11.2. The minimum absolute atomic E-state index is 0.00392. The van der Waals surface area contributed by atoms with E-state index in [0.717, 1.165) is 189 Å². The number of unbranched alkanes of at least 4 members (excludes halogenated alkanes) is 1. The number of guanidine groups is 1. The molecule has 0 unspecified atom stereocenters.